The molecule has 3 saturated carbocycles. The van der Waals surface area contributed by atoms with Crippen LogP contribution in [0.25, 0.3) is 0 Å². The summed E-state index contributed by atoms with van der Waals surface area (Å²) in [5, 5.41) is 0. The first-order chi connectivity index (χ1) is 22.6. The van der Waals surface area contributed by atoms with Gasteiger partial charge in [-0.3, -0.25) is 24.0 Å². The maximum atomic E-state index is 12.5. The van der Waals surface area contributed by atoms with E-state index in [2.05, 4.69) is 0 Å². The molecule has 262 valence electrons. The highest BCUT2D eigenvalue weighted by Gasteiger charge is 2.95. The molecule has 15 nitrogen and oxygen atoms in total. The predicted octanol–water partition coefficient (Wildman–Crippen LogP) is 1.86. The van der Waals surface area contributed by atoms with Crippen LogP contribution in [0, 0.1) is 11.3 Å². The van der Waals surface area contributed by atoms with Crippen LogP contribution in [0.2, 0.25) is 0 Å². The number of benzene rings is 1. The van der Waals surface area contributed by atoms with Gasteiger partial charge in [0.25, 0.3) is 0 Å². The number of ether oxygens (including phenoxy) is 10. The lowest BCUT2D eigenvalue weighted by atomic mass is 9.41. The van der Waals surface area contributed by atoms with Crippen molar-refractivity contribution in [1.29, 1.82) is 0 Å². The van der Waals surface area contributed by atoms with Gasteiger partial charge < -0.3 is 47.4 Å². The van der Waals surface area contributed by atoms with Gasteiger partial charge in [-0.1, -0.05) is 30.3 Å². The van der Waals surface area contributed by atoms with Crippen LogP contribution in [0.4, 0.5) is 0 Å². The highest BCUT2D eigenvalue weighted by molar-refractivity contribution is 5.69. The van der Waals surface area contributed by atoms with Gasteiger partial charge in [-0.2, -0.15) is 0 Å². The van der Waals surface area contributed by atoms with Crippen LogP contribution in [0.1, 0.15) is 59.9 Å². The number of carbonyl (C=O) groups is 5. The Morgan fingerprint density at radius 3 is 2.04 bits per heavy atom. The topological polar surface area (TPSA) is 178 Å². The van der Waals surface area contributed by atoms with E-state index in [1.54, 1.807) is 0 Å². The lowest BCUT2D eigenvalue weighted by Gasteiger charge is -2.68. The molecule has 1 aromatic carbocycles. The number of rotatable bonds is 12. The average molecular weight is 677 g/mol. The van der Waals surface area contributed by atoms with Crippen molar-refractivity contribution in [1.82, 2.24) is 0 Å². The Kier molecular flexibility index (Phi) is 8.82. The lowest BCUT2D eigenvalue weighted by Crippen LogP contribution is -2.81. The summed E-state index contributed by atoms with van der Waals surface area (Å²) in [6.45, 7) is 7.46. The van der Waals surface area contributed by atoms with E-state index in [1.807, 2.05) is 37.3 Å². The van der Waals surface area contributed by atoms with E-state index in [1.165, 1.54) is 13.8 Å². The third kappa shape index (κ3) is 5.45. The molecule has 0 radical (unpaired) electrons. The first-order valence-corrected chi connectivity index (χ1v) is 15.8. The van der Waals surface area contributed by atoms with Crippen molar-refractivity contribution in [3.8, 4) is 0 Å². The fourth-order valence-corrected chi connectivity index (χ4v) is 8.31. The summed E-state index contributed by atoms with van der Waals surface area (Å²) in [6.07, 6.45) is -7.27. The van der Waals surface area contributed by atoms with Gasteiger partial charge in [0, 0.05) is 47.0 Å². The van der Waals surface area contributed by atoms with Crippen LogP contribution in [-0.4, -0.2) is 97.0 Å². The van der Waals surface area contributed by atoms with Gasteiger partial charge in [-0.15, -0.1) is 0 Å². The summed E-state index contributed by atoms with van der Waals surface area (Å²) in [7, 11) is 0. The van der Waals surface area contributed by atoms with E-state index >= 15 is 0 Å². The van der Waals surface area contributed by atoms with Crippen LogP contribution in [0.3, 0.4) is 0 Å². The largest absolute Gasteiger partial charge is 0.465 e. The molecule has 48 heavy (non-hydrogen) atoms. The Morgan fingerprint density at radius 2 is 1.42 bits per heavy atom. The Bertz CT molecular complexity index is 1470. The quantitative estimate of drug-likeness (QED) is 0.231. The normalized spacial score (nSPS) is 40.0. The van der Waals surface area contributed by atoms with E-state index in [4.69, 9.17) is 47.4 Å². The summed E-state index contributed by atoms with van der Waals surface area (Å²) in [6, 6.07) is 9.62. The number of hydrogen-bond donors (Lipinski definition) is 0. The summed E-state index contributed by atoms with van der Waals surface area (Å²) in [5.41, 5.74) is -2.50. The Hall–Kier alpha value is -3.63. The molecule has 0 spiro atoms. The summed E-state index contributed by atoms with van der Waals surface area (Å²) >= 11 is 0. The van der Waals surface area contributed by atoms with Gasteiger partial charge in [-0.25, -0.2) is 0 Å². The SMILES string of the molecule is CC(=O)OC[C@H]1O[C@@H](O[C@@]23C[C@H]4[C@@]5(OCc6ccccc6)C[C@]2(C)O[C@H](O5)[C@]43COC(C)=O)[C@H](OC(C)=O)[C@@H](OC(C)=O)[C@@H]1OC(C)=O. The second-order valence-electron chi connectivity index (χ2n) is 13.2. The molecule has 8 rings (SSSR count). The molecular formula is C33H40O15. The molecule has 7 fully saturated rings. The van der Waals surface area contributed by atoms with Gasteiger partial charge in [-0.05, 0) is 18.9 Å². The molecule has 0 N–H and O–H groups in total. The first-order valence-electron chi connectivity index (χ1n) is 15.8. The monoisotopic (exact) mass is 676 g/mol. The molecule has 0 unspecified atom stereocenters. The summed E-state index contributed by atoms with van der Waals surface area (Å²) in [4.78, 5) is 61.0. The molecule has 0 aromatic heterocycles. The minimum absolute atomic E-state index is 0.144. The highest BCUT2D eigenvalue weighted by atomic mass is 16.8. The van der Waals surface area contributed by atoms with E-state index in [0.29, 0.717) is 6.42 Å². The number of carbonyl (C=O) groups excluding carboxylic acids is 5. The third-order valence-corrected chi connectivity index (χ3v) is 10.0. The molecule has 3 aliphatic carbocycles. The van der Waals surface area contributed by atoms with Crippen molar-refractivity contribution < 1.29 is 71.3 Å². The van der Waals surface area contributed by atoms with E-state index in [9.17, 15) is 24.0 Å². The summed E-state index contributed by atoms with van der Waals surface area (Å²) < 4.78 is 60.4. The van der Waals surface area contributed by atoms with Crippen molar-refractivity contribution in [2.24, 2.45) is 11.3 Å². The fraction of sp³-hybridized carbons (Fsp3) is 0.667. The maximum absolute atomic E-state index is 12.5. The molecule has 0 amide bonds. The average Bonchev–Trinajstić information content (AvgIpc) is 3.20. The predicted molar refractivity (Wildman–Crippen MR) is 156 cm³/mol. The molecule has 1 aromatic rings. The zero-order chi connectivity index (χ0) is 34.6. The Morgan fingerprint density at radius 1 is 0.792 bits per heavy atom. The van der Waals surface area contributed by atoms with Gasteiger partial charge in [0.05, 0.1) is 12.0 Å². The fourth-order valence-electron chi connectivity index (χ4n) is 8.31. The third-order valence-electron chi connectivity index (χ3n) is 10.0. The van der Waals surface area contributed by atoms with Crippen LogP contribution < -0.4 is 0 Å². The second kappa shape index (κ2) is 12.4. The van der Waals surface area contributed by atoms with E-state index in [-0.39, 0.29) is 25.6 Å². The van der Waals surface area contributed by atoms with Crippen molar-refractivity contribution in [2.75, 3.05) is 13.2 Å². The summed E-state index contributed by atoms with van der Waals surface area (Å²) in [5.74, 6) is -4.89. The standard InChI is InChI=1S/C33H40O15/c1-17(34)39-14-23-25(42-19(3)36)26(43-20(4)37)27(44-21(5)38)28(45-23)46-33-12-24-31(33,16-40-18(2)35)29-47-30(33,6)15-32(24,48-29)41-13-22-10-8-7-9-11-22/h7-11,23-29H,12-16H2,1-6H3/t23-,24-,25-,26+,27-,28+,29-,30+,31+,32-,33+/m1/s1. The van der Waals surface area contributed by atoms with Gasteiger partial charge in [0.2, 0.25) is 0 Å². The molecule has 4 heterocycles. The molecule has 11 atom stereocenters. The van der Waals surface area contributed by atoms with Crippen LogP contribution >= 0.6 is 0 Å². The van der Waals surface area contributed by atoms with E-state index in [0.717, 1.165) is 26.3 Å². The molecule has 4 aliphatic heterocycles. The molecule has 6 bridgehead atoms. The maximum Gasteiger partial charge on any atom is 0.303 e. The zero-order valence-electron chi connectivity index (χ0n) is 27.6. The lowest BCUT2D eigenvalue weighted by molar-refractivity contribution is -0.431. The smallest absolute Gasteiger partial charge is 0.303 e. The minimum Gasteiger partial charge on any atom is -0.465 e. The second-order valence-corrected chi connectivity index (χ2v) is 13.2. The van der Waals surface area contributed by atoms with Gasteiger partial charge >= 0.3 is 29.8 Å². The Balaban J connectivity index is 1.37. The number of esters is 5. The van der Waals surface area contributed by atoms with Crippen molar-refractivity contribution in [3.63, 3.8) is 0 Å². The van der Waals surface area contributed by atoms with Crippen molar-refractivity contribution >= 4 is 29.8 Å². The highest BCUT2D eigenvalue weighted by Crippen LogP contribution is 2.82. The zero-order valence-corrected chi connectivity index (χ0v) is 27.6. The number of hydrogen-bond acceptors (Lipinski definition) is 15. The molecule has 15 heteroatoms. The van der Waals surface area contributed by atoms with Crippen molar-refractivity contribution in [2.45, 2.75) is 115 Å². The van der Waals surface area contributed by atoms with Crippen LogP contribution in [0.5, 0.6) is 0 Å². The van der Waals surface area contributed by atoms with Crippen LogP contribution in [-0.2, 0) is 77.9 Å². The molecular weight excluding hydrogens is 636 g/mol. The van der Waals surface area contributed by atoms with Crippen molar-refractivity contribution in [3.05, 3.63) is 35.9 Å². The first kappa shape index (κ1) is 34.2. The Labute approximate surface area is 276 Å². The van der Waals surface area contributed by atoms with E-state index < -0.39 is 95.9 Å². The van der Waals surface area contributed by atoms with Gasteiger partial charge in [0.1, 0.15) is 30.5 Å². The molecule has 7 aliphatic rings. The molecule has 4 saturated heterocycles. The van der Waals surface area contributed by atoms with Gasteiger partial charge in [0.15, 0.2) is 36.7 Å². The van der Waals surface area contributed by atoms with Crippen LogP contribution in [0.15, 0.2) is 30.3 Å². The minimum atomic E-state index is -1.47.